The van der Waals surface area contributed by atoms with Crippen molar-refractivity contribution in [3.63, 3.8) is 0 Å². The molecule has 180 valence electrons. The molecule has 7 heteroatoms. The number of benzene rings is 2. The first kappa shape index (κ1) is 24.6. The molecule has 0 aliphatic heterocycles. The predicted octanol–water partition coefficient (Wildman–Crippen LogP) is 5.77. The fraction of sp³-hybridized carbons (Fsp3) is 0.286. The molecule has 35 heavy (non-hydrogen) atoms. The monoisotopic (exact) mass is 489 g/mol. The highest BCUT2D eigenvalue weighted by Gasteiger charge is 2.35. The van der Waals surface area contributed by atoms with Gasteiger partial charge in [-0.2, -0.15) is 0 Å². The van der Waals surface area contributed by atoms with Gasteiger partial charge in [-0.05, 0) is 73.9 Å². The Bertz CT molecular complexity index is 1170. The number of halogens is 1. The van der Waals surface area contributed by atoms with E-state index in [0.717, 1.165) is 25.7 Å². The molecule has 1 aliphatic rings. The second-order valence-corrected chi connectivity index (χ2v) is 9.23. The summed E-state index contributed by atoms with van der Waals surface area (Å²) in [5.41, 5.74) is 1.85. The van der Waals surface area contributed by atoms with E-state index in [1.807, 2.05) is 0 Å². The highest BCUT2D eigenvalue weighted by Crippen LogP contribution is 2.31. The Hall–Kier alpha value is -3.51. The first-order chi connectivity index (χ1) is 16.9. The van der Waals surface area contributed by atoms with Crippen molar-refractivity contribution in [2.24, 2.45) is 0 Å². The number of aromatic nitrogens is 1. The van der Waals surface area contributed by atoms with Crippen LogP contribution in [0.1, 0.15) is 71.5 Å². The summed E-state index contributed by atoms with van der Waals surface area (Å²) in [6.45, 7) is 1.49. The van der Waals surface area contributed by atoms with Crippen LogP contribution in [0.25, 0.3) is 0 Å². The number of amides is 2. The van der Waals surface area contributed by atoms with Gasteiger partial charge in [-0.15, -0.1) is 0 Å². The average Bonchev–Trinajstić information content (AvgIpc) is 2.88. The maximum Gasteiger partial charge on any atom is 0.277 e. The van der Waals surface area contributed by atoms with Crippen LogP contribution in [0.3, 0.4) is 0 Å². The Morgan fingerprint density at radius 2 is 1.63 bits per heavy atom. The van der Waals surface area contributed by atoms with Gasteiger partial charge in [0.25, 0.3) is 5.91 Å². The summed E-state index contributed by atoms with van der Waals surface area (Å²) in [7, 11) is 0. The van der Waals surface area contributed by atoms with Crippen molar-refractivity contribution in [1.82, 2.24) is 10.3 Å². The lowest BCUT2D eigenvalue weighted by atomic mass is 9.94. The van der Waals surface area contributed by atoms with E-state index in [1.165, 1.54) is 18.2 Å². The first-order valence-corrected chi connectivity index (χ1v) is 12.2. The second kappa shape index (κ2) is 11.3. The number of Topliss-reactive ketones (excluding diaryl/α,β-unsaturated/α-hetero) is 1. The number of hydrogen-bond acceptors (Lipinski definition) is 4. The van der Waals surface area contributed by atoms with E-state index in [0.29, 0.717) is 21.8 Å². The highest BCUT2D eigenvalue weighted by atomic mass is 35.5. The Kier molecular flexibility index (Phi) is 7.93. The summed E-state index contributed by atoms with van der Waals surface area (Å²) < 4.78 is 0. The third-order valence-electron chi connectivity index (χ3n) is 6.30. The van der Waals surface area contributed by atoms with Gasteiger partial charge in [0.15, 0.2) is 5.78 Å². The lowest BCUT2D eigenvalue weighted by Crippen LogP contribution is -2.47. The minimum atomic E-state index is -0.952. The maximum atomic E-state index is 13.8. The maximum absolute atomic E-state index is 13.8. The number of hydrogen-bond donors (Lipinski definition) is 1. The molecule has 1 heterocycles. The Morgan fingerprint density at radius 3 is 2.23 bits per heavy atom. The van der Waals surface area contributed by atoms with Crippen molar-refractivity contribution >= 4 is 34.9 Å². The quantitative estimate of drug-likeness (QED) is 0.427. The van der Waals surface area contributed by atoms with Crippen LogP contribution < -0.4 is 10.2 Å². The van der Waals surface area contributed by atoms with Gasteiger partial charge in [0.05, 0.1) is 0 Å². The number of pyridine rings is 1. The molecule has 4 rings (SSSR count). The van der Waals surface area contributed by atoms with Crippen LogP contribution in [-0.4, -0.2) is 28.6 Å². The van der Waals surface area contributed by atoms with Crippen LogP contribution in [0, 0.1) is 0 Å². The molecule has 1 fully saturated rings. The van der Waals surface area contributed by atoms with Gasteiger partial charge in [0.1, 0.15) is 11.7 Å². The standard InChI is InChI=1S/C28H28ClN3O3/c1-19(33)20-12-16-24(17-13-20)32(28(35)25-9-5-6-18-30-25)26(21-10-14-22(29)15-11-21)27(34)31-23-7-3-2-4-8-23/h5-6,9-18,23,26H,2-4,7-8H2,1H3,(H,31,34). The number of carbonyl (C=O) groups is 3. The van der Waals surface area contributed by atoms with E-state index >= 15 is 0 Å². The van der Waals surface area contributed by atoms with Gasteiger partial charge in [0.2, 0.25) is 5.91 Å². The number of anilines is 1. The molecule has 2 amide bonds. The molecular weight excluding hydrogens is 462 g/mol. The van der Waals surface area contributed by atoms with E-state index in [2.05, 4.69) is 10.3 Å². The zero-order chi connectivity index (χ0) is 24.8. The number of nitrogens with zero attached hydrogens (tertiary/aromatic N) is 2. The Balaban J connectivity index is 1.80. The molecule has 6 nitrogen and oxygen atoms in total. The highest BCUT2D eigenvalue weighted by molar-refractivity contribution is 6.30. The van der Waals surface area contributed by atoms with Gasteiger partial charge in [-0.1, -0.05) is 49.1 Å². The average molecular weight is 490 g/mol. The molecule has 1 saturated carbocycles. The summed E-state index contributed by atoms with van der Waals surface area (Å²) >= 11 is 6.13. The third kappa shape index (κ3) is 5.95. The zero-order valence-electron chi connectivity index (χ0n) is 19.6. The summed E-state index contributed by atoms with van der Waals surface area (Å²) in [5, 5.41) is 3.71. The van der Waals surface area contributed by atoms with E-state index < -0.39 is 11.9 Å². The van der Waals surface area contributed by atoms with Crippen molar-refractivity contribution in [3.8, 4) is 0 Å². The summed E-state index contributed by atoms with van der Waals surface area (Å²) in [6.07, 6.45) is 6.68. The predicted molar refractivity (Wildman–Crippen MR) is 137 cm³/mol. The van der Waals surface area contributed by atoms with Crippen molar-refractivity contribution < 1.29 is 14.4 Å². The lowest BCUT2D eigenvalue weighted by Gasteiger charge is -2.33. The van der Waals surface area contributed by atoms with E-state index in [-0.39, 0.29) is 23.4 Å². The van der Waals surface area contributed by atoms with Gasteiger partial charge in [0, 0.05) is 28.5 Å². The van der Waals surface area contributed by atoms with Crippen molar-refractivity contribution in [3.05, 3.63) is 94.8 Å². The summed E-state index contributed by atoms with van der Waals surface area (Å²) in [6, 6.07) is 17.8. The number of nitrogens with one attached hydrogen (secondary N) is 1. The first-order valence-electron chi connectivity index (χ1n) is 11.9. The van der Waals surface area contributed by atoms with Gasteiger partial charge in [-0.25, -0.2) is 0 Å². The fourth-order valence-electron chi connectivity index (χ4n) is 4.44. The van der Waals surface area contributed by atoms with Gasteiger partial charge in [-0.3, -0.25) is 24.3 Å². The Morgan fingerprint density at radius 1 is 0.943 bits per heavy atom. The minimum absolute atomic E-state index is 0.0675. The molecule has 0 radical (unpaired) electrons. The van der Waals surface area contributed by atoms with Crippen LogP contribution in [0.5, 0.6) is 0 Å². The molecule has 1 aliphatic carbocycles. The molecule has 0 saturated heterocycles. The largest absolute Gasteiger partial charge is 0.351 e. The van der Waals surface area contributed by atoms with Crippen LogP contribution >= 0.6 is 11.6 Å². The molecule has 1 atom stereocenters. The van der Waals surface area contributed by atoms with Crippen LogP contribution in [0.2, 0.25) is 5.02 Å². The SMILES string of the molecule is CC(=O)c1ccc(N(C(=O)c2ccccn2)C(C(=O)NC2CCCCC2)c2ccc(Cl)cc2)cc1. The van der Waals surface area contributed by atoms with Gasteiger partial charge < -0.3 is 5.32 Å². The molecule has 1 N–H and O–H groups in total. The zero-order valence-corrected chi connectivity index (χ0v) is 20.4. The van der Waals surface area contributed by atoms with E-state index in [9.17, 15) is 14.4 Å². The number of carbonyl (C=O) groups excluding carboxylic acids is 3. The molecule has 1 unspecified atom stereocenters. The number of ketones is 1. The molecule has 3 aromatic rings. The van der Waals surface area contributed by atoms with Crippen molar-refractivity contribution in [2.75, 3.05) is 4.90 Å². The van der Waals surface area contributed by atoms with Crippen molar-refractivity contribution in [2.45, 2.75) is 51.1 Å². The molecule has 1 aromatic heterocycles. The van der Waals surface area contributed by atoms with Crippen molar-refractivity contribution in [1.29, 1.82) is 0 Å². The Labute approximate surface area is 210 Å². The second-order valence-electron chi connectivity index (χ2n) is 8.79. The molecule has 0 spiro atoms. The topological polar surface area (TPSA) is 79.4 Å². The van der Waals surface area contributed by atoms with Gasteiger partial charge >= 0.3 is 0 Å². The van der Waals surface area contributed by atoms with E-state index in [1.54, 1.807) is 72.9 Å². The molecular formula is C28H28ClN3O3. The third-order valence-corrected chi connectivity index (χ3v) is 6.55. The van der Waals surface area contributed by atoms with Crippen LogP contribution in [0.4, 0.5) is 5.69 Å². The molecule has 2 aromatic carbocycles. The fourth-order valence-corrected chi connectivity index (χ4v) is 4.57. The number of rotatable bonds is 7. The lowest BCUT2D eigenvalue weighted by molar-refractivity contribution is -0.123. The smallest absolute Gasteiger partial charge is 0.277 e. The van der Waals surface area contributed by atoms with E-state index in [4.69, 9.17) is 11.6 Å². The minimum Gasteiger partial charge on any atom is -0.351 e. The summed E-state index contributed by atoms with van der Waals surface area (Å²) in [4.78, 5) is 45.2. The van der Waals surface area contributed by atoms with Crippen LogP contribution in [0.15, 0.2) is 72.9 Å². The summed E-state index contributed by atoms with van der Waals surface area (Å²) in [5.74, 6) is -0.762. The van der Waals surface area contributed by atoms with Crippen LogP contribution in [-0.2, 0) is 4.79 Å². The molecule has 0 bridgehead atoms. The normalized spacial score (nSPS) is 14.7.